The summed E-state index contributed by atoms with van der Waals surface area (Å²) in [4.78, 5) is 6.44. The lowest BCUT2D eigenvalue weighted by Crippen LogP contribution is -2.39. The first-order chi connectivity index (χ1) is 9.24. The molecule has 0 fully saturated rings. The zero-order valence-corrected chi connectivity index (χ0v) is 11.8. The van der Waals surface area contributed by atoms with Crippen molar-refractivity contribution in [3.05, 3.63) is 35.4 Å². The van der Waals surface area contributed by atoms with Crippen LogP contribution >= 0.6 is 0 Å². The molecule has 0 bridgehead atoms. The SMILES string of the molecule is CCC(N)COC(=NC)N1CCc2ccccc2C1. The van der Waals surface area contributed by atoms with Gasteiger partial charge < -0.3 is 15.4 Å². The summed E-state index contributed by atoms with van der Waals surface area (Å²) in [6.07, 6.45) is 1.96. The van der Waals surface area contributed by atoms with Gasteiger partial charge in [0, 0.05) is 26.2 Å². The Balaban J connectivity index is 1.98. The van der Waals surface area contributed by atoms with Crippen LogP contribution in [0, 0.1) is 0 Å². The Bertz CT molecular complexity index is 445. The summed E-state index contributed by atoms with van der Waals surface area (Å²) in [6.45, 7) is 4.41. The lowest BCUT2D eigenvalue weighted by atomic mass is 10.0. The van der Waals surface area contributed by atoms with Crippen molar-refractivity contribution in [1.29, 1.82) is 0 Å². The van der Waals surface area contributed by atoms with Gasteiger partial charge in [0.15, 0.2) is 0 Å². The average Bonchev–Trinajstić information content (AvgIpc) is 2.47. The molecule has 19 heavy (non-hydrogen) atoms. The minimum absolute atomic E-state index is 0.0776. The van der Waals surface area contributed by atoms with E-state index in [9.17, 15) is 0 Å². The number of hydrogen-bond donors (Lipinski definition) is 1. The Morgan fingerprint density at radius 2 is 2.16 bits per heavy atom. The fraction of sp³-hybridized carbons (Fsp3) is 0.533. The number of nitrogens with zero attached hydrogens (tertiary/aromatic N) is 2. The highest BCUT2D eigenvalue weighted by Crippen LogP contribution is 2.19. The zero-order chi connectivity index (χ0) is 13.7. The van der Waals surface area contributed by atoms with Gasteiger partial charge in [-0.25, -0.2) is 4.99 Å². The van der Waals surface area contributed by atoms with E-state index in [0.29, 0.717) is 12.6 Å². The number of benzene rings is 1. The van der Waals surface area contributed by atoms with E-state index in [0.717, 1.165) is 25.9 Å². The first-order valence-corrected chi connectivity index (χ1v) is 6.91. The van der Waals surface area contributed by atoms with Gasteiger partial charge in [0.1, 0.15) is 6.61 Å². The number of hydrogen-bond acceptors (Lipinski definition) is 3. The molecule has 0 aliphatic carbocycles. The van der Waals surface area contributed by atoms with Crippen LogP contribution in [0.5, 0.6) is 0 Å². The second-order valence-corrected chi connectivity index (χ2v) is 4.93. The molecule has 0 radical (unpaired) electrons. The van der Waals surface area contributed by atoms with Gasteiger partial charge in [-0.3, -0.25) is 0 Å². The molecule has 1 heterocycles. The third kappa shape index (κ3) is 3.47. The maximum Gasteiger partial charge on any atom is 0.287 e. The smallest absolute Gasteiger partial charge is 0.287 e. The molecular formula is C15H23N3O. The van der Waals surface area contributed by atoms with E-state index in [-0.39, 0.29) is 6.04 Å². The van der Waals surface area contributed by atoms with E-state index < -0.39 is 0 Å². The average molecular weight is 261 g/mol. The molecule has 2 rings (SSSR count). The minimum atomic E-state index is 0.0776. The first kappa shape index (κ1) is 13.9. The van der Waals surface area contributed by atoms with Gasteiger partial charge >= 0.3 is 0 Å². The van der Waals surface area contributed by atoms with Gasteiger partial charge in [-0.05, 0) is 24.0 Å². The van der Waals surface area contributed by atoms with Gasteiger partial charge in [0.2, 0.25) is 0 Å². The number of aliphatic imine (C=N–C) groups is 1. The van der Waals surface area contributed by atoms with E-state index in [1.807, 2.05) is 0 Å². The standard InChI is InChI=1S/C15H23N3O/c1-3-14(16)11-19-15(17-2)18-9-8-12-6-4-5-7-13(12)10-18/h4-7,14H,3,8-11,16H2,1-2H3. The van der Waals surface area contributed by atoms with E-state index in [4.69, 9.17) is 10.5 Å². The molecule has 4 nitrogen and oxygen atoms in total. The Labute approximate surface area is 115 Å². The molecule has 0 saturated carbocycles. The normalized spacial score (nSPS) is 17.0. The molecule has 1 unspecified atom stereocenters. The first-order valence-electron chi connectivity index (χ1n) is 6.91. The van der Waals surface area contributed by atoms with E-state index in [2.05, 4.69) is 41.1 Å². The molecule has 0 saturated heterocycles. The zero-order valence-electron chi connectivity index (χ0n) is 11.8. The van der Waals surface area contributed by atoms with E-state index in [1.165, 1.54) is 11.1 Å². The summed E-state index contributed by atoms with van der Waals surface area (Å²) < 4.78 is 5.75. The maximum atomic E-state index is 5.88. The van der Waals surface area contributed by atoms with Gasteiger partial charge in [0.25, 0.3) is 6.02 Å². The molecule has 0 spiro atoms. The number of rotatable bonds is 3. The van der Waals surface area contributed by atoms with Crippen molar-refractivity contribution in [2.75, 3.05) is 20.2 Å². The number of fused-ring (bicyclic) bond motifs is 1. The van der Waals surface area contributed by atoms with Crippen LogP contribution in [0.25, 0.3) is 0 Å². The molecule has 0 amide bonds. The van der Waals surface area contributed by atoms with Gasteiger partial charge in [0.05, 0.1) is 0 Å². The van der Waals surface area contributed by atoms with Crippen LogP contribution in [0.3, 0.4) is 0 Å². The topological polar surface area (TPSA) is 50.9 Å². The number of ether oxygens (including phenoxy) is 1. The van der Waals surface area contributed by atoms with Crippen molar-refractivity contribution < 1.29 is 4.74 Å². The van der Waals surface area contributed by atoms with Crippen LogP contribution < -0.4 is 5.73 Å². The predicted molar refractivity (Wildman–Crippen MR) is 78.1 cm³/mol. The van der Waals surface area contributed by atoms with Crippen molar-refractivity contribution in [3.8, 4) is 0 Å². The second-order valence-electron chi connectivity index (χ2n) is 4.93. The highest BCUT2D eigenvalue weighted by Gasteiger charge is 2.20. The van der Waals surface area contributed by atoms with Crippen LogP contribution in [0.1, 0.15) is 24.5 Å². The van der Waals surface area contributed by atoms with Crippen molar-refractivity contribution in [2.24, 2.45) is 10.7 Å². The van der Waals surface area contributed by atoms with Gasteiger partial charge in [-0.1, -0.05) is 31.2 Å². The Morgan fingerprint density at radius 3 is 2.84 bits per heavy atom. The van der Waals surface area contributed by atoms with Crippen molar-refractivity contribution in [3.63, 3.8) is 0 Å². The fourth-order valence-electron chi connectivity index (χ4n) is 2.26. The molecule has 1 aliphatic heterocycles. The quantitative estimate of drug-likeness (QED) is 0.666. The molecule has 1 aliphatic rings. The highest BCUT2D eigenvalue weighted by molar-refractivity contribution is 5.74. The summed E-state index contributed by atoms with van der Waals surface area (Å²) in [6, 6.07) is 9.33. The second kappa shape index (κ2) is 6.57. The summed E-state index contributed by atoms with van der Waals surface area (Å²) >= 11 is 0. The van der Waals surface area contributed by atoms with Crippen molar-refractivity contribution in [1.82, 2.24) is 4.90 Å². The maximum absolute atomic E-state index is 5.88. The molecule has 0 aromatic heterocycles. The summed E-state index contributed by atoms with van der Waals surface area (Å²) in [5, 5.41) is 0. The highest BCUT2D eigenvalue weighted by atomic mass is 16.5. The van der Waals surface area contributed by atoms with E-state index >= 15 is 0 Å². The molecule has 104 valence electrons. The van der Waals surface area contributed by atoms with E-state index in [1.54, 1.807) is 7.05 Å². The monoisotopic (exact) mass is 261 g/mol. The molecule has 4 heteroatoms. The third-order valence-electron chi connectivity index (χ3n) is 3.54. The number of nitrogens with two attached hydrogens (primary N) is 1. The summed E-state index contributed by atoms with van der Waals surface area (Å²) in [5.74, 6) is 0. The molecule has 2 N–H and O–H groups in total. The molecular weight excluding hydrogens is 238 g/mol. The Hall–Kier alpha value is -1.55. The Kier molecular flexibility index (Phi) is 4.80. The fourth-order valence-corrected chi connectivity index (χ4v) is 2.26. The van der Waals surface area contributed by atoms with Gasteiger partial charge in [-0.2, -0.15) is 0 Å². The van der Waals surface area contributed by atoms with Crippen LogP contribution in [0.15, 0.2) is 29.3 Å². The van der Waals surface area contributed by atoms with Crippen LogP contribution in [0.2, 0.25) is 0 Å². The minimum Gasteiger partial charge on any atom is -0.464 e. The van der Waals surface area contributed by atoms with Crippen LogP contribution in [-0.4, -0.2) is 37.2 Å². The third-order valence-corrected chi connectivity index (χ3v) is 3.54. The largest absolute Gasteiger partial charge is 0.464 e. The van der Waals surface area contributed by atoms with Gasteiger partial charge in [-0.15, -0.1) is 0 Å². The van der Waals surface area contributed by atoms with Crippen molar-refractivity contribution >= 4 is 6.02 Å². The lowest BCUT2D eigenvalue weighted by molar-refractivity contribution is 0.205. The lowest BCUT2D eigenvalue weighted by Gasteiger charge is -2.31. The number of amidine groups is 1. The Morgan fingerprint density at radius 1 is 1.42 bits per heavy atom. The summed E-state index contributed by atoms with van der Waals surface area (Å²) in [5.41, 5.74) is 8.67. The summed E-state index contributed by atoms with van der Waals surface area (Å²) in [7, 11) is 1.77. The molecule has 1 aromatic carbocycles. The van der Waals surface area contributed by atoms with Crippen LogP contribution in [-0.2, 0) is 17.7 Å². The van der Waals surface area contributed by atoms with Crippen molar-refractivity contribution in [2.45, 2.75) is 32.4 Å². The molecule has 1 atom stereocenters. The van der Waals surface area contributed by atoms with Crippen LogP contribution in [0.4, 0.5) is 0 Å². The predicted octanol–water partition coefficient (Wildman–Crippen LogP) is 1.78. The molecule has 1 aromatic rings.